The zero-order valence-electron chi connectivity index (χ0n) is 20.8. The Labute approximate surface area is 212 Å². The number of H-pyrrole nitrogens is 1. The van der Waals surface area contributed by atoms with Crippen LogP contribution in [-0.2, 0) is 11.2 Å². The van der Waals surface area contributed by atoms with E-state index in [1.165, 1.54) is 16.7 Å². The summed E-state index contributed by atoms with van der Waals surface area (Å²) in [4.78, 5) is 11.2. The van der Waals surface area contributed by atoms with Gasteiger partial charge in [-0.1, -0.05) is 54.6 Å². The molecule has 0 aliphatic heterocycles. The second-order valence-electron chi connectivity index (χ2n) is 8.77. The number of aryl methyl sites for hydroxylation is 1. The molecule has 0 fully saturated rings. The van der Waals surface area contributed by atoms with Crippen LogP contribution in [0.15, 0.2) is 79.0 Å². The van der Waals surface area contributed by atoms with Gasteiger partial charge in [0.15, 0.2) is 0 Å². The van der Waals surface area contributed by atoms with Crippen LogP contribution in [0.25, 0.3) is 22.6 Å². The average molecular weight is 483 g/mol. The maximum absolute atomic E-state index is 11.2. The van der Waals surface area contributed by atoms with Crippen LogP contribution >= 0.6 is 0 Å². The van der Waals surface area contributed by atoms with Gasteiger partial charge in [-0.15, -0.1) is 0 Å². The number of aromatic nitrogens is 2. The molecule has 0 aliphatic carbocycles. The fourth-order valence-corrected chi connectivity index (χ4v) is 4.11. The molecule has 0 saturated heterocycles. The Morgan fingerprint density at radius 3 is 2.64 bits per heavy atom. The summed E-state index contributed by atoms with van der Waals surface area (Å²) >= 11 is 0. The number of amides is 1. The van der Waals surface area contributed by atoms with Crippen molar-refractivity contribution in [1.82, 2.24) is 20.8 Å². The number of carbonyl (C=O) groups excluding carboxylic acids is 1. The van der Waals surface area contributed by atoms with E-state index in [-0.39, 0.29) is 5.91 Å². The van der Waals surface area contributed by atoms with E-state index in [9.17, 15) is 4.79 Å². The first-order valence-electron chi connectivity index (χ1n) is 12.5. The van der Waals surface area contributed by atoms with Crippen molar-refractivity contribution in [3.8, 4) is 5.75 Å². The Morgan fingerprint density at radius 2 is 1.83 bits per heavy atom. The SMILES string of the molecule is CNC(=O)CCCNCCOc1ccc(/C=C(\CCc2ccc3[nH]ncc3c2)c2ccccc2)cc1. The van der Waals surface area contributed by atoms with Crippen LogP contribution in [0.2, 0.25) is 0 Å². The second-order valence-corrected chi connectivity index (χ2v) is 8.77. The summed E-state index contributed by atoms with van der Waals surface area (Å²) in [6, 6.07) is 25.3. The smallest absolute Gasteiger partial charge is 0.219 e. The normalized spacial score (nSPS) is 11.5. The van der Waals surface area contributed by atoms with Crippen LogP contribution in [0.3, 0.4) is 0 Å². The van der Waals surface area contributed by atoms with Gasteiger partial charge in [-0.3, -0.25) is 9.89 Å². The van der Waals surface area contributed by atoms with Gasteiger partial charge in [0.2, 0.25) is 5.91 Å². The monoisotopic (exact) mass is 482 g/mol. The Bertz CT molecular complexity index is 1260. The van der Waals surface area contributed by atoms with Crippen LogP contribution in [-0.4, -0.2) is 42.8 Å². The standard InChI is InChI=1S/C30H34N4O2/c1-31-30(35)8-5-17-32-18-19-36-28-14-10-24(11-15-28)20-26(25-6-3-2-4-7-25)13-9-23-12-16-29-27(21-23)22-33-34-29/h2-4,6-7,10-12,14-16,20-22,32H,5,8-9,13,17-19H2,1H3,(H,31,35)(H,33,34)/b26-20+. The molecule has 3 N–H and O–H groups in total. The van der Waals surface area contributed by atoms with Gasteiger partial charge in [-0.25, -0.2) is 0 Å². The largest absolute Gasteiger partial charge is 0.492 e. The van der Waals surface area contributed by atoms with Crippen LogP contribution in [0, 0.1) is 0 Å². The maximum Gasteiger partial charge on any atom is 0.219 e. The molecule has 6 nitrogen and oxygen atoms in total. The number of carbonyl (C=O) groups is 1. The lowest BCUT2D eigenvalue weighted by atomic mass is 9.96. The van der Waals surface area contributed by atoms with Gasteiger partial charge in [-0.2, -0.15) is 5.10 Å². The predicted octanol–water partition coefficient (Wildman–Crippen LogP) is 5.23. The van der Waals surface area contributed by atoms with Crippen LogP contribution < -0.4 is 15.4 Å². The second kappa shape index (κ2) is 13.3. The van der Waals surface area contributed by atoms with Crippen LogP contribution in [0.5, 0.6) is 5.75 Å². The van der Waals surface area contributed by atoms with Gasteiger partial charge in [0, 0.05) is 25.4 Å². The quantitative estimate of drug-likeness (QED) is 0.180. The maximum atomic E-state index is 11.2. The molecule has 0 bridgehead atoms. The van der Waals surface area contributed by atoms with Crippen molar-refractivity contribution in [1.29, 1.82) is 0 Å². The number of nitrogens with zero attached hydrogens (tertiary/aromatic N) is 1. The fourth-order valence-electron chi connectivity index (χ4n) is 4.11. The van der Waals surface area contributed by atoms with Gasteiger partial charge in [0.1, 0.15) is 12.4 Å². The lowest BCUT2D eigenvalue weighted by molar-refractivity contribution is -0.120. The lowest BCUT2D eigenvalue weighted by Gasteiger charge is -2.10. The third kappa shape index (κ3) is 7.55. The number of hydrogen-bond donors (Lipinski definition) is 3. The van der Waals surface area contributed by atoms with Crippen molar-refractivity contribution in [2.75, 3.05) is 26.7 Å². The Kier molecular flexibility index (Phi) is 9.28. The number of rotatable bonds is 13. The molecule has 36 heavy (non-hydrogen) atoms. The molecule has 1 heterocycles. The minimum absolute atomic E-state index is 0.0772. The highest BCUT2D eigenvalue weighted by Gasteiger charge is 2.05. The Hall–Kier alpha value is -3.90. The van der Waals surface area contributed by atoms with E-state index in [2.05, 4.69) is 87.6 Å². The summed E-state index contributed by atoms with van der Waals surface area (Å²) in [5.74, 6) is 0.933. The van der Waals surface area contributed by atoms with Crippen LogP contribution in [0.1, 0.15) is 36.0 Å². The topological polar surface area (TPSA) is 79.0 Å². The number of nitrogens with one attached hydrogen (secondary N) is 3. The first kappa shape index (κ1) is 25.2. The fraction of sp³-hybridized carbons (Fsp3) is 0.267. The van der Waals surface area contributed by atoms with E-state index in [1.807, 2.05) is 18.3 Å². The molecule has 0 atom stereocenters. The van der Waals surface area contributed by atoms with E-state index in [1.54, 1.807) is 7.05 Å². The minimum atomic E-state index is 0.0772. The molecular weight excluding hydrogens is 448 g/mol. The van der Waals surface area contributed by atoms with Gasteiger partial charge < -0.3 is 15.4 Å². The highest BCUT2D eigenvalue weighted by Crippen LogP contribution is 2.25. The van der Waals surface area contributed by atoms with Gasteiger partial charge in [0.05, 0.1) is 11.7 Å². The molecule has 4 aromatic rings. The summed E-state index contributed by atoms with van der Waals surface area (Å²) < 4.78 is 5.86. The van der Waals surface area contributed by atoms with Gasteiger partial charge in [0.25, 0.3) is 0 Å². The van der Waals surface area contributed by atoms with Gasteiger partial charge >= 0.3 is 0 Å². The summed E-state index contributed by atoms with van der Waals surface area (Å²) in [5, 5.41) is 14.2. The van der Waals surface area contributed by atoms with E-state index in [0.29, 0.717) is 13.0 Å². The number of hydrogen-bond acceptors (Lipinski definition) is 4. The zero-order valence-corrected chi connectivity index (χ0v) is 20.8. The molecule has 0 spiro atoms. The molecule has 186 valence electrons. The van der Waals surface area contributed by atoms with Crippen molar-refractivity contribution in [2.24, 2.45) is 0 Å². The van der Waals surface area contributed by atoms with Crippen molar-refractivity contribution in [3.05, 3.63) is 95.7 Å². The highest BCUT2D eigenvalue weighted by molar-refractivity contribution is 5.82. The first-order chi connectivity index (χ1) is 17.7. The van der Waals surface area contributed by atoms with Crippen molar-refractivity contribution in [2.45, 2.75) is 25.7 Å². The third-order valence-corrected chi connectivity index (χ3v) is 6.14. The van der Waals surface area contributed by atoms with E-state index in [4.69, 9.17) is 4.74 Å². The Balaban J connectivity index is 1.32. The number of ether oxygens (including phenoxy) is 1. The van der Waals surface area contributed by atoms with E-state index < -0.39 is 0 Å². The number of benzene rings is 3. The molecule has 6 heteroatoms. The highest BCUT2D eigenvalue weighted by atomic mass is 16.5. The number of aromatic amines is 1. The van der Waals surface area contributed by atoms with E-state index >= 15 is 0 Å². The molecule has 3 aromatic carbocycles. The van der Waals surface area contributed by atoms with Crippen LogP contribution in [0.4, 0.5) is 0 Å². The minimum Gasteiger partial charge on any atom is -0.492 e. The lowest BCUT2D eigenvalue weighted by Crippen LogP contribution is -2.24. The van der Waals surface area contributed by atoms with Crippen molar-refractivity contribution in [3.63, 3.8) is 0 Å². The molecule has 0 radical (unpaired) electrons. The summed E-state index contributed by atoms with van der Waals surface area (Å²) in [7, 11) is 1.66. The first-order valence-corrected chi connectivity index (χ1v) is 12.5. The molecule has 1 amide bonds. The third-order valence-electron chi connectivity index (χ3n) is 6.14. The van der Waals surface area contributed by atoms with Crippen molar-refractivity contribution >= 4 is 28.5 Å². The predicted molar refractivity (Wildman–Crippen MR) is 147 cm³/mol. The number of fused-ring (bicyclic) bond motifs is 1. The average Bonchev–Trinajstić information content (AvgIpc) is 3.39. The molecule has 0 aliphatic rings. The zero-order chi connectivity index (χ0) is 25.0. The Morgan fingerprint density at radius 1 is 1.00 bits per heavy atom. The molecule has 0 saturated carbocycles. The van der Waals surface area contributed by atoms with Gasteiger partial charge in [-0.05, 0) is 72.3 Å². The van der Waals surface area contributed by atoms with Crippen molar-refractivity contribution < 1.29 is 9.53 Å². The molecule has 4 rings (SSSR count). The number of allylic oxidation sites excluding steroid dienone is 1. The summed E-state index contributed by atoms with van der Waals surface area (Å²) in [5.41, 5.74) is 6.06. The molecule has 1 aromatic heterocycles. The molecular formula is C30H34N4O2. The van der Waals surface area contributed by atoms with E-state index in [0.717, 1.165) is 54.6 Å². The molecule has 0 unspecified atom stereocenters. The summed E-state index contributed by atoms with van der Waals surface area (Å²) in [6.45, 7) is 2.14. The summed E-state index contributed by atoms with van der Waals surface area (Å²) in [6.07, 6.45) is 7.41.